The van der Waals surface area contributed by atoms with Crippen molar-refractivity contribution in [1.29, 1.82) is 0 Å². The van der Waals surface area contributed by atoms with Crippen LogP contribution in [0.5, 0.6) is 11.5 Å². The third kappa shape index (κ3) is 9.52. The lowest BCUT2D eigenvalue weighted by Crippen LogP contribution is -2.39. The Labute approximate surface area is 294 Å². The predicted molar refractivity (Wildman–Crippen MR) is 192 cm³/mol. The van der Waals surface area contributed by atoms with Crippen molar-refractivity contribution in [1.82, 2.24) is 4.98 Å². The number of benzene rings is 3. The lowest BCUT2D eigenvalue weighted by atomic mass is 9.81. The first-order valence-electron chi connectivity index (χ1n) is 16.7. The molecule has 4 aromatic rings. The summed E-state index contributed by atoms with van der Waals surface area (Å²) in [5.74, 6) is -0.00550. The zero-order valence-electron chi connectivity index (χ0n) is 29.2. The van der Waals surface area contributed by atoms with Gasteiger partial charge in [0, 0.05) is 41.4 Å². The average Bonchev–Trinajstić information content (AvgIpc) is 3.04. The lowest BCUT2D eigenvalue weighted by Gasteiger charge is -2.41. The molecule has 0 bridgehead atoms. The van der Waals surface area contributed by atoms with Gasteiger partial charge in [-0.15, -0.1) is 0 Å². The topological polar surface area (TPSA) is 81.1 Å². The minimum atomic E-state index is -1.24. The van der Waals surface area contributed by atoms with Crippen molar-refractivity contribution in [3.63, 3.8) is 0 Å². The Balaban J connectivity index is 1.59. The number of ether oxygens (including phenoxy) is 3. The van der Waals surface area contributed by atoms with Gasteiger partial charge in [0.1, 0.15) is 23.9 Å². The van der Waals surface area contributed by atoms with E-state index in [2.05, 4.69) is 18.7 Å². The number of nitrogens with zero attached hydrogens (tertiary/aromatic N) is 2. The number of anilines is 1. The number of carboxylic acid groups (broad SMARTS) is 1. The van der Waals surface area contributed by atoms with Crippen LogP contribution >= 0.6 is 11.6 Å². The van der Waals surface area contributed by atoms with Crippen LogP contribution in [-0.4, -0.2) is 41.4 Å². The molecule has 1 atom stereocenters. The second kappa shape index (κ2) is 15.2. The van der Waals surface area contributed by atoms with E-state index in [0.717, 1.165) is 48.3 Å². The van der Waals surface area contributed by atoms with Crippen LogP contribution in [0.2, 0.25) is 5.02 Å². The van der Waals surface area contributed by atoms with Crippen molar-refractivity contribution in [2.45, 2.75) is 79.1 Å². The Hall–Kier alpha value is -4.14. The first-order valence-corrected chi connectivity index (χ1v) is 17.1. The molecule has 3 aromatic carbocycles. The van der Waals surface area contributed by atoms with E-state index < -0.39 is 17.7 Å². The molecule has 7 nitrogen and oxygen atoms in total. The molecule has 49 heavy (non-hydrogen) atoms. The average molecular weight is 689 g/mol. The van der Waals surface area contributed by atoms with Gasteiger partial charge in [-0.05, 0) is 106 Å². The maximum atomic E-state index is 13.3. The molecule has 0 spiro atoms. The Morgan fingerprint density at radius 2 is 1.55 bits per heavy atom. The Bertz CT molecular complexity index is 1730. The molecule has 1 aromatic heterocycles. The minimum Gasteiger partial charge on any atom is -0.493 e. The summed E-state index contributed by atoms with van der Waals surface area (Å²) in [6.45, 7) is 14.1. The summed E-state index contributed by atoms with van der Waals surface area (Å²) in [4.78, 5) is 20.3. The van der Waals surface area contributed by atoms with Gasteiger partial charge >= 0.3 is 5.97 Å². The molecule has 260 valence electrons. The van der Waals surface area contributed by atoms with Crippen molar-refractivity contribution in [3.05, 3.63) is 106 Å². The fourth-order valence-electron chi connectivity index (χ4n) is 6.07. The quantitative estimate of drug-likeness (QED) is 0.159. The number of piperidine rings is 1. The molecule has 2 heterocycles. The number of pyridine rings is 1. The minimum absolute atomic E-state index is 0.151. The number of aliphatic carboxylic acids is 1. The molecule has 1 N–H and O–H groups in total. The first-order chi connectivity index (χ1) is 23.2. The van der Waals surface area contributed by atoms with Crippen LogP contribution in [0.3, 0.4) is 0 Å². The standard InChI is InChI=1S/C40H46ClFN2O5/c1-26-34(37(38(45)46)49-39(2,3)4)36(44-22-20-40(5,6)21-23-44)35(33(43-26)25-48-32-17-11-29(41)12-18-32)28-9-15-31(16-10-28)47-24-19-27-7-13-30(42)14-8-27/h7-18,37H,19-25H2,1-6H3,(H,45,46). The normalized spacial score (nSPS) is 15.1. The van der Waals surface area contributed by atoms with Gasteiger partial charge in [0.05, 0.1) is 23.6 Å². The van der Waals surface area contributed by atoms with Gasteiger partial charge in [-0.2, -0.15) is 0 Å². The highest BCUT2D eigenvalue weighted by atomic mass is 35.5. The van der Waals surface area contributed by atoms with Crippen LogP contribution in [0.15, 0.2) is 72.8 Å². The van der Waals surface area contributed by atoms with Gasteiger partial charge in [0.15, 0.2) is 6.10 Å². The van der Waals surface area contributed by atoms with E-state index in [4.69, 9.17) is 30.8 Å². The van der Waals surface area contributed by atoms with E-state index >= 15 is 0 Å². The highest BCUT2D eigenvalue weighted by Gasteiger charge is 2.37. The highest BCUT2D eigenvalue weighted by Crippen LogP contribution is 2.45. The van der Waals surface area contributed by atoms with Gasteiger partial charge in [-0.3, -0.25) is 4.98 Å². The number of hydrogen-bond acceptors (Lipinski definition) is 6. The zero-order chi connectivity index (χ0) is 35.3. The SMILES string of the molecule is Cc1nc(COc2ccc(Cl)cc2)c(-c2ccc(OCCc3ccc(F)cc3)cc2)c(N2CCC(C)(C)CC2)c1C(OC(C)(C)C)C(=O)O. The third-order valence-corrected chi connectivity index (χ3v) is 9.02. The summed E-state index contributed by atoms with van der Waals surface area (Å²) in [6, 6.07) is 21.4. The number of rotatable bonds is 12. The molecule has 1 saturated heterocycles. The second-order valence-corrected chi connectivity index (χ2v) is 14.8. The van der Waals surface area contributed by atoms with Crippen LogP contribution in [0.25, 0.3) is 11.1 Å². The van der Waals surface area contributed by atoms with E-state index in [0.29, 0.717) is 46.5 Å². The summed E-state index contributed by atoms with van der Waals surface area (Å²) in [6.07, 6.45) is 1.29. The molecule has 0 saturated carbocycles. The van der Waals surface area contributed by atoms with Gasteiger partial charge in [0.25, 0.3) is 0 Å². The fourth-order valence-corrected chi connectivity index (χ4v) is 6.20. The molecule has 5 rings (SSSR count). The summed E-state index contributed by atoms with van der Waals surface area (Å²) in [7, 11) is 0. The first kappa shape index (κ1) is 36.1. The molecule has 0 aliphatic carbocycles. The zero-order valence-corrected chi connectivity index (χ0v) is 29.9. The largest absolute Gasteiger partial charge is 0.493 e. The summed E-state index contributed by atoms with van der Waals surface area (Å²) < 4.78 is 31.9. The molecule has 1 unspecified atom stereocenters. The Morgan fingerprint density at radius 3 is 2.14 bits per heavy atom. The van der Waals surface area contributed by atoms with Crippen LogP contribution in [0.1, 0.15) is 76.1 Å². The maximum absolute atomic E-state index is 13.3. The smallest absolute Gasteiger partial charge is 0.337 e. The Morgan fingerprint density at radius 1 is 0.959 bits per heavy atom. The maximum Gasteiger partial charge on any atom is 0.337 e. The number of hydrogen-bond donors (Lipinski definition) is 1. The van der Waals surface area contributed by atoms with Crippen molar-refractivity contribution < 1.29 is 28.5 Å². The number of halogens is 2. The highest BCUT2D eigenvalue weighted by molar-refractivity contribution is 6.30. The number of carbonyl (C=O) groups is 1. The lowest BCUT2D eigenvalue weighted by molar-refractivity contribution is -0.160. The van der Waals surface area contributed by atoms with Gasteiger partial charge in [0.2, 0.25) is 0 Å². The molecule has 9 heteroatoms. The summed E-state index contributed by atoms with van der Waals surface area (Å²) in [5.41, 5.74) is 4.70. The van der Waals surface area contributed by atoms with Crippen LogP contribution in [0, 0.1) is 18.2 Å². The molecule has 0 radical (unpaired) electrons. The van der Waals surface area contributed by atoms with E-state index in [-0.39, 0.29) is 17.8 Å². The van der Waals surface area contributed by atoms with E-state index in [1.165, 1.54) is 12.1 Å². The van der Waals surface area contributed by atoms with Gasteiger partial charge in [-0.1, -0.05) is 49.7 Å². The van der Waals surface area contributed by atoms with Crippen LogP contribution in [-0.2, 0) is 22.6 Å². The summed E-state index contributed by atoms with van der Waals surface area (Å²) >= 11 is 6.12. The van der Waals surface area contributed by atoms with Crippen molar-refractivity contribution in [2.24, 2.45) is 5.41 Å². The molecular weight excluding hydrogens is 643 g/mol. The fraction of sp³-hybridized carbons (Fsp3) is 0.400. The summed E-state index contributed by atoms with van der Waals surface area (Å²) in [5, 5.41) is 11.2. The van der Waals surface area contributed by atoms with E-state index in [9.17, 15) is 14.3 Å². The number of aromatic nitrogens is 1. The Kier molecular flexibility index (Phi) is 11.2. The molecule has 0 amide bonds. The van der Waals surface area contributed by atoms with E-state index in [1.54, 1.807) is 24.3 Å². The molecule has 1 aliphatic heterocycles. The second-order valence-electron chi connectivity index (χ2n) is 14.4. The van der Waals surface area contributed by atoms with Crippen LogP contribution < -0.4 is 14.4 Å². The van der Waals surface area contributed by atoms with Crippen molar-refractivity contribution in [2.75, 3.05) is 24.6 Å². The molecular formula is C40H46ClFN2O5. The monoisotopic (exact) mass is 688 g/mol. The number of carboxylic acids is 1. The predicted octanol–water partition coefficient (Wildman–Crippen LogP) is 9.62. The van der Waals surface area contributed by atoms with E-state index in [1.807, 2.05) is 64.1 Å². The van der Waals surface area contributed by atoms with Gasteiger partial charge in [-0.25, -0.2) is 9.18 Å². The third-order valence-electron chi connectivity index (χ3n) is 8.77. The van der Waals surface area contributed by atoms with Gasteiger partial charge < -0.3 is 24.2 Å². The molecule has 1 aliphatic rings. The van der Waals surface area contributed by atoms with Crippen molar-refractivity contribution >= 4 is 23.3 Å². The van der Waals surface area contributed by atoms with Crippen molar-refractivity contribution in [3.8, 4) is 22.6 Å². The van der Waals surface area contributed by atoms with Crippen LogP contribution in [0.4, 0.5) is 10.1 Å². The number of aryl methyl sites for hydroxylation is 1. The molecule has 1 fully saturated rings.